The average Bonchev–Trinajstić information content (AvgIpc) is 2.90. The average molecular weight is 285 g/mol. The van der Waals surface area contributed by atoms with Gasteiger partial charge < -0.3 is 0 Å². The fourth-order valence-corrected chi connectivity index (χ4v) is 4.00. The van der Waals surface area contributed by atoms with Crippen molar-refractivity contribution in [2.24, 2.45) is 5.84 Å². The summed E-state index contributed by atoms with van der Waals surface area (Å²) in [6.45, 7) is 0. The molecule has 1 saturated carbocycles. The molecule has 0 amide bonds. The first-order valence-corrected chi connectivity index (χ1v) is 8.03. The van der Waals surface area contributed by atoms with E-state index in [1.807, 2.05) is 18.2 Å². The quantitative estimate of drug-likeness (QED) is 0.621. The first-order chi connectivity index (χ1) is 8.79. The fraction of sp³-hybridized carbons (Fsp3) is 0.571. The topological polar surface area (TPSA) is 38.0 Å². The number of rotatable bonds is 6. The van der Waals surface area contributed by atoms with Gasteiger partial charge in [-0.1, -0.05) is 42.6 Å². The largest absolute Gasteiger partial charge is 0.271 e. The van der Waals surface area contributed by atoms with Crippen LogP contribution in [-0.2, 0) is 6.42 Å². The van der Waals surface area contributed by atoms with Crippen LogP contribution in [0.4, 0.5) is 0 Å². The van der Waals surface area contributed by atoms with Gasteiger partial charge in [0.05, 0.1) is 0 Å². The highest BCUT2D eigenvalue weighted by Gasteiger charge is 2.18. The van der Waals surface area contributed by atoms with Gasteiger partial charge in [-0.25, -0.2) is 0 Å². The van der Waals surface area contributed by atoms with Crippen LogP contribution in [0.3, 0.4) is 0 Å². The van der Waals surface area contributed by atoms with Gasteiger partial charge in [0.15, 0.2) is 0 Å². The molecule has 1 aliphatic rings. The molecule has 1 aliphatic carbocycles. The van der Waals surface area contributed by atoms with Crippen LogP contribution in [-0.4, -0.2) is 17.0 Å². The van der Waals surface area contributed by atoms with Crippen LogP contribution < -0.4 is 11.3 Å². The van der Waals surface area contributed by atoms with E-state index < -0.39 is 0 Å². The van der Waals surface area contributed by atoms with Gasteiger partial charge in [0.2, 0.25) is 0 Å². The molecule has 3 N–H and O–H groups in total. The van der Waals surface area contributed by atoms with Crippen LogP contribution in [0.1, 0.15) is 31.2 Å². The molecule has 2 rings (SSSR count). The lowest BCUT2D eigenvalue weighted by atomic mass is 10.1. The number of hydrogen-bond acceptors (Lipinski definition) is 3. The Morgan fingerprint density at radius 3 is 2.72 bits per heavy atom. The lowest BCUT2D eigenvalue weighted by molar-refractivity contribution is 0.574. The van der Waals surface area contributed by atoms with Gasteiger partial charge >= 0.3 is 0 Å². The first-order valence-electron chi connectivity index (χ1n) is 6.60. The van der Waals surface area contributed by atoms with E-state index in [1.165, 1.54) is 31.2 Å². The molecule has 0 saturated heterocycles. The monoisotopic (exact) mass is 284 g/mol. The van der Waals surface area contributed by atoms with Crippen molar-refractivity contribution in [3.05, 3.63) is 34.9 Å². The SMILES string of the molecule is NNC(CSC1CCCC1)Cc1ccccc1Cl. The van der Waals surface area contributed by atoms with Crippen LogP contribution in [0, 0.1) is 0 Å². The van der Waals surface area contributed by atoms with Crippen LogP contribution in [0.25, 0.3) is 0 Å². The minimum atomic E-state index is 0.301. The second kappa shape index (κ2) is 7.39. The molecule has 1 fully saturated rings. The summed E-state index contributed by atoms with van der Waals surface area (Å²) in [7, 11) is 0. The molecule has 18 heavy (non-hydrogen) atoms. The molecule has 0 bridgehead atoms. The Hall–Kier alpha value is -0.220. The summed E-state index contributed by atoms with van der Waals surface area (Å²) in [5.41, 5.74) is 4.10. The van der Waals surface area contributed by atoms with E-state index >= 15 is 0 Å². The molecule has 1 aromatic rings. The summed E-state index contributed by atoms with van der Waals surface area (Å²) < 4.78 is 0. The lowest BCUT2D eigenvalue weighted by Crippen LogP contribution is -2.39. The summed E-state index contributed by atoms with van der Waals surface area (Å²) in [6.07, 6.45) is 6.42. The Kier molecular flexibility index (Phi) is 5.83. The molecule has 1 aromatic carbocycles. The summed E-state index contributed by atoms with van der Waals surface area (Å²) in [6, 6.07) is 8.31. The van der Waals surface area contributed by atoms with Gasteiger partial charge in [0.25, 0.3) is 0 Å². The van der Waals surface area contributed by atoms with E-state index in [0.717, 1.165) is 22.4 Å². The molecule has 2 nitrogen and oxygen atoms in total. The predicted octanol–water partition coefficient (Wildman–Crippen LogP) is 3.39. The number of nitrogens with one attached hydrogen (secondary N) is 1. The zero-order valence-electron chi connectivity index (χ0n) is 10.6. The minimum absolute atomic E-state index is 0.301. The van der Waals surface area contributed by atoms with Crippen molar-refractivity contribution in [2.45, 2.75) is 43.4 Å². The van der Waals surface area contributed by atoms with Crippen molar-refractivity contribution >= 4 is 23.4 Å². The Labute approximate surface area is 119 Å². The standard InChI is InChI=1S/C14H21ClN2S/c15-14-8-4-1-5-11(14)9-12(17-16)10-18-13-6-2-3-7-13/h1,4-5,8,12-13,17H,2-3,6-7,9-10,16H2. The van der Waals surface area contributed by atoms with Gasteiger partial charge in [-0.15, -0.1) is 0 Å². The zero-order valence-corrected chi connectivity index (χ0v) is 12.1. The third kappa shape index (κ3) is 4.16. The number of hydrogen-bond donors (Lipinski definition) is 2. The molecule has 0 aliphatic heterocycles. The Morgan fingerprint density at radius 2 is 2.06 bits per heavy atom. The predicted molar refractivity (Wildman–Crippen MR) is 81.0 cm³/mol. The number of halogens is 1. The maximum Gasteiger partial charge on any atom is 0.0438 e. The van der Waals surface area contributed by atoms with Gasteiger partial charge in [-0.3, -0.25) is 11.3 Å². The van der Waals surface area contributed by atoms with Crippen LogP contribution in [0.15, 0.2) is 24.3 Å². The van der Waals surface area contributed by atoms with Crippen molar-refractivity contribution in [2.75, 3.05) is 5.75 Å². The third-order valence-electron chi connectivity index (χ3n) is 3.50. The van der Waals surface area contributed by atoms with Crippen molar-refractivity contribution in [1.82, 2.24) is 5.43 Å². The van der Waals surface area contributed by atoms with E-state index in [4.69, 9.17) is 17.4 Å². The molecule has 1 unspecified atom stereocenters. The molecule has 0 spiro atoms. The van der Waals surface area contributed by atoms with E-state index in [9.17, 15) is 0 Å². The van der Waals surface area contributed by atoms with Crippen LogP contribution >= 0.6 is 23.4 Å². The highest BCUT2D eigenvalue weighted by molar-refractivity contribution is 7.99. The van der Waals surface area contributed by atoms with Crippen molar-refractivity contribution < 1.29 is 0 Å². The summed E-state index contributed by atoms with van der Waals surface area (Å²) >= 11 is 8.23. The number of thioether (sulfide) groups is 1. The Bertz CT molecular complexity index is 367. The molecule has 1 atom stereocenters. The van der Waals surface area contributed by atoms with E-state index in [1.54, 1.807) is 0 Å². The minimum Gasteiger partial charge on any atom is -0.271 e. The van der Waals surface area contributed by atoms with Crippen molar-refractivity contribution in [3.8, 4) is 0 Å². The molecule has 100 valence electrons. The van der Waals surface area contributed by atoms with E-state index in [0.29, 0.717) is 6.04 Å². The van der Waals surface area contributed by atoms with Gasteiger partial charge in [0.1, 0.15) is 0 Å². The molecule has 0 radical (unpaired) electrons. The van der Waals surface area contributed by atoms with Gasteiger partial charge in [0, 0.05) is 22.1 Å². The normalized spacial score (nSPS) is 18.1. The third-order valence-corrected chi connectivity index (χ3v) is 5.40. The summed E-state index contributed by atoms with van der Waals surface area (Å²) in [5, 5.41) is 1.68. The number of hydrazine groups is 1. The van der Waals surface area contributed by atoms with Crippen LogP contribution in [0.2, 0.25) is 5.02 Å². The zero-order chi connectivity index (χ0) is 12.8. The van der Waals surface area contributed by atoms with Gasteiger partial charge in [-0.05, 0) is 30.9 Å². The van der Waals surface area contributed by atoms with Crippen molar-refractivity contribution in [1.29, 1.82) is 0 Å². The van der Waals surface area contributed by atoms with E-state index in [2.05, 4.69) is 23.3 Å². The van der Waals surface area contributed by atoms with E-state index in [-0.39, 0.29) is 0 Å². The fourth-order valence-electron chi connectivity index (χ4n) is 2.40. The van der Waals surface area contributed by atoms with Gasteiger partial charge in [-0.2, -0.15) is 11.8 Å². The molecule has 0 heterocycles. The Morgan fingerprint density at radius 1 is 1.33 bits per heavy atom. The maximum atomic E-state index is 6.18. The second-order valence-electron chi connectivity index (χ2n) is 4.90. The number of nitrogens with two attached hydrogens (primary N) is 1. The second-order valence-corrected chi connectivity index (χ2v) is 6.64. The first kappa shape index (κ1) is 14.2. The molecule has 0 aromatic heterocycles. The maximum absolute atomic E-state index is 6.18. The number of benzene rings is 1. The molecular formula is C14H21ClN2S. The highest BCUT2D eigenvalue weighted by Crippen LogP contribution is 2.30. The smallest absolute Gasteiger partial charge is 0.0438 e. The van der Waals surface area contributed by atoms with Crippen LogP contribution in [0.5, 0.6) is 0 Å². The molecule has 4 heteroatoms. The molecular weight excluding hydrogens is 264 g/mol. The lowest BCUT2D eigenvalue weighted by Gasteiger charge is -2.18. The Balaban J connectivity index is 1.83. The summed E-state index contributed by atoms with van der Waals surface area (Å²) in [5.74, 6) is 6.71. The van der Waals surface area contributed by atoms with Crippen molar-refractivity contribution in [3.63, 3.8) is 0 Å². The highest BCUT2D eigenvalue weighted by atomic mass is 35.5. The summed E-state index contributed by atoms with van der Waals surface area (Å²) in [4.78, 5) is 0.